The molecule has 0 bridgehead atoms. The molecular weight excluding hydrogens is 366 g/mol. The zero-order valence-corrected chi connectivity index (χ0v) is 14.4. The first kappa shape index (κ1) is 16.7. The molecule has 0 saturated carbocycles. The molecule has 2 aromatic rings. The Morgan fingerprint density at radius 3 is 2.41 bits per heavy atom. The summed E-state index contributed by atoms with van der Waals surface area (Å²) in [5, 5.41) is 3.40. The average Bonchev–Trinajstić information content (AvgIpc) is 2.48. The van der Waals surface area contributed by atoms with Crippen LogP contribution in [0.1, 0.15) is 28.8 Å². The summed E-state index contributed by atoms with van der Waals surface area (Å²) >= 11 is 9.16. The Balaban J connectivity index is 1.89. The second-order valence-electron chi connectivity index (χ2n) is 4.94. The number of ketones is 1. The van der Waals surface area contributed by atoms with Gasteiger partial charge in [-0.05, 0) is 55.0 Å². The van der Waals surface area contributed by atoms with Crippen molar-refractivity contribution in [1.29, 1.82) is 0 Å². The van der Waals surface area contributed by atoms with Crippen LogP contribution >= 0.6 is 27.5 Å². The summed E-state index contributed by atoms with van der Waals surface area (Å²) < 4.78 is 0.959. The molecule has 0 spiro atoms. The lowest BCUT2D eigenvalue weighted by atomic mass is 10.1. The summed E-state index contributed by atoms with van der Waals surface area (Å²) in [6, 6.07) is 12.3. The van der Waals surface area contributed by atoms with Crippen LogP contribution in [0, 0.1) is 6.92 Å². The number of hydrogen-bond acceptors (Lipinski definition) is 2. The van der Waals surface area contributed by atoms with Crippen molar-refractivity contribution in [3.63, 3.8) is 0 Å². The topological polar surface area (TPSA) is 46.2 Å². The van der Waals surface area contributed by atoms with Gasteiger partial charge in [-0.25, -0.2) is 0 Å². The number of amides is 1. The molecule has 0 atom stereocenters. The van der Waals surface area contributed by atoms with Crippen molar-refractivity contribution in [2.75, 3.05) is 5.32 Å². The van der Waals surface area contributed by atoms with E-state index < -0.39 is 0 Å². The first-order chi connectivity index (χ1) is 10.5. The van der Waals surface area contributed by atoms with E-state index in [2.05, 4.69) is 21.2 Å². The molecule has 0 unspecified atom stereocenters. The molecule has 1 amide bonds. The number of aryl methyl sites for hydroxylation is 1. The lowest BCUT2D eigenvalue weighted by Crippen LogP contribution is -2.14. The first-order valence-electron chi connectivity index (χ1n) is 6.80. The van der Waals surface area contributed by atoms with Crippen molar-refractivity contribution in [3.05, 3.63) is 63.1 Å². The minimum absolute atomic E-state index is 0.0701. The number of nitrogens with one attached hydrogen (secondary N) is 1. The van der Waals surface area contributed by atoms with Crippen LogP contribution in [-0.2, 0) is 4.79 Å². The lowest BCUT2D eigenvalue weighted by molar-refractivity contribution is -0.116. The molecule has 0 fully saturated rings. The number of Topliss-reactive ketones (excluding diaryl/α,β-unsaturated/α-hetero) is 1. The number of halogens is 2. The molecule has 2 aromatic carbocycles. The third-order valence-corrected chi connectivity index (χ3v) is 3.95. The molecule has 0 radical (unpaired) electrons. The van der Waals surface area contributed by atoms with Crippen LogP contribution in [0.25, 0.3) is 0 Å². The van der Waals surface area contributed by atoms with E-state index in [0.717, 1.165) is 15.7 Å². The SMILES string of the molecule is Cc1cc(Br)ccc1NC(=O)CCC(=O)c1ccc(Cl)cc1. The van der Waals surface area contributed by atoms with Crippen LogP contribution < -0.4 is 5.32 Å². The first-order valence-corrected chi connectivity index (χ1v) is 7.97. The van der Waals surface area contributed by atoms with Gasteiger partial charge in [0.25, 0.3) is 0 Å². The summed E-state index contributed by atoms with van der Waals surface area (Å²) in [5.74, 6) is -0.243. The second-order valence-corrected chi connectivity index (χ2v) is 6.29. The number of carbonyl (C=O) groups is 2. The highest BCUT2D eigenvalue weighted by Crippen LogP contribution is 2.20. The van der Waals surface area contributed by atoms with Gasteiger partial charge in [0.15, 0.2) is 5.78 Å². The van der Waals surface area contributed by atoms with Gasteiger partial charge in [-0.1, -0.05) is 27.5 Å². The maximum absolute atomic E-state index is 12.0. The van der Waals surface area contributed by atoms with Crippen molar-refractivity contribution >= 4 is 44.9 Å². The third-order valence-electron chi connectivity index (χ3n) is 3.21. The van der Waals surface area contributed by atoms with E-state index in [9.17, 15) is 9.59 Å². The molecule has 0 saturated heterocycles. The summed E-state index contributed by atoms with van der Waals surface area (Å²) in [5.41, 5.74) is 2.29. The predicted molar refractivity (Wildman–Crippen MR) is 92.5 cm³/mol. The highest BCUT2D eigenvalue weighted by molar-refractivity contribution is 9.10. The molecule has 0 aromatic heterocycles. The van der Waals surface area contributed by atoms with Gasteiger partial charge in [-0.2, -0.15) is 0 Å². The number of hydrogen-bond donors (Lipinski definition) is 1. The van der Waals surface area contributed by atoms with Crippen molar-refractivity contribution in [2.24, 2.45) is 0 Å². The highest BCUT2D eigenvalue weighted by atomic mass is 79.9. The second kappa shape index (κ2) is 7.56. The fourth-order valence-corrected chi connectivity index (χ4v) is 2.59. The van der Waals surface area contributed by atoms with Crippen LogP contribution in [0.5, 0.6) is 0 Å². The molecule has 3 nitrogen and oxygen atoms in total. The molecule has 22 heavy (non-hydrogen) atoms. The molecule has 0 aliphatic heterocycles. The number of anilines is 1. The van der Waals surface area contributed by atoms with Gasteiger partial charge in [0.2, 0.25) is 5.91 Å². The van der Waals surface area contributed by atoms with Gasteiger partial charge in [0, 0.05) is 33.6 Å². The Labute approximate surface area is 142 Å². The largest absolute Gasteiger partial charge is 0.326 e. The predicted octanol–water partition coefficient (Wildman–Crippen LogP) is 5.01. The Kier molecular flexibility index (Phi) is 5.75. The van der Waals surface area contributed by atoms with E-state index in [1.54, 1.807) is 24.3 Å². The van der Waals surface area contributed by atoms with E-state index >= 15 is 0 Å². The van der Waals surface area contributed by atoms with E-state index in [0.29, 0.717) is 10.6 Å². The molecule has 1 N–H and O–H groups in total. The van der Waals surface area contributed by atoms with E-state index in [1.807, 2.05) is 25.1 Å². The fraction of sp³-hybridized carbons (Fsp3) is 0.176. The molecule has 0 heterocycles. The zero-order chi connectivity index (χ0) is 16.1. The summed E-state index contributed by atoms with van der Waals surface area (Å²) in [4.78, 5) is 23.9. The molecule has 2 rings (SSSR count). The molecule has 0 aliphatic rings. The number of carbonyl (C=O) groups excluding carboxylic acids is 2. The molecule has 114 valence electrons. The molecule has 0 aliphatic carbocycles. The van der Waals surface area contributed by atoms with E-state index in [-0.39, 0.29) is 24.5 Å². The monoisotopic (exact) mass is 379 g/mol. The van der Waals surface area contributed by atoms with Gasteiger partial charge < -0.3 is 5.32 Å². The van der Waals surface area contributed by atoms with Crippen LogP contribution in [0.15, 0.2) is 46.9 Å². The normalized spacial score (nSPS) is 10.3. The van der Waals surface area contributed by atoms with Crippen LogP contribution in [0.3, 0.4) is 0 Å². The van der Waals surface area contributed by atoms with Gasteiger partial charge in [0.05, 0.1) is 0 Å². The zero-order valence-electron chi connectivity index (χ0n) is 12.0. The smallest absolute Gasteiger partial charge is 0.224 e. The number of rotatable bonds is 5. The van der Waals surface area contributed by atoms with Crippen molar-refractivity contribution in [1.82, 2.24) is 0 Å². The van der Waals surface area contributed by atoms with Gasteiger partial charge in [-0.15, -0.1) is 0 Å². The maximum Gasteiger partial charge on any atom is 0.224 e. The molecular formula is C17H15BrClNO2. The molecule has 5 heteroatoms. The highest BCUT2D eigenvalue weighted by Gasteiger charge is 2.10. The third kappa shape index (κ3) is 4.68. The van der Waals surface area contributed by atoms with E-state index in [1.165, 1.54) is 0 Å². The quantitative estimate of drug-likeness (QED) is 0.741. The van der Waals surface area contributed by atoms with Gasteiger partial charge in [-0.3, -0.25) is 9.59 Å². The Hall–Kier alpha value is -1.65. The minimum atomic E-state index is -0.173. The maximum atomic E-state index is 12.0. The van der Waals surface area contributed by atoms with Crippen LogP contribution in [0.4, 0.5) is 5.69 Å². The van der Waals surface area contributed by atoms with Crippen LogP contribution in [-0.4, -0.2) is 11.7 Å². The number of benzene rings is 2. The Morgan fingerprint density at radius 2 is 1.77 bits per heavy atom. The van der Waals surface area contributed by atoms with E-state index in [4.69, 9.17) is 11.6 Å². The fourth-order valence-electron chi connectivity index (χ4n) is 1.99. The average molecular weight is 381 g/mol. The lowest BCUT2D eigenvalue weighted by Gasteiger charge is -2.08. The van der Waals surface area contributed by atoms with Crippen molar-refractivity contribution in [2.45, 2.75) is 19.8 Å². The minimum Gasteiger partial charge on any atom is -0.326 e. The van der Waals surface area contributed by atoms with Crippen molar-refractivity contribution < 1.29 is 9.59 Å². The van der Waals surface area contributed by atoms with Crippen LogP contribution in [0.2, 0.25) is 5.02 Å². The summed E-state index contributed by atoms with van der Waals surface area (Å²) in [6.07, 6.45) is 0.319. The Morgan fingerprint density at radius 1 is 1.09 bits per heavy atom. The van der Waals surface area contributed by atoms with Gasteiger partial charge >= 0.3 is 0 Å². The van der Waals surface area contributed by atoms with Crippen molar-refractivity contribution in [3.8, 4) is 0 Å². The standard InChI is InChI=1S/C17H15BrClNO2/c1-11-10-13(18)4-7-15(11)20-17(22)9-8-16(21)12-2-5-14(19)6-3-12/h2-7,10H,8-9H2,1H3,(H,20,22). The summed E-state index contributed by atoms with van der Waals surface area (Å²) in [6.45, 7) is 1.92. The van der Waals surface area contributed by atoms with Gasteiger partial charge in [0.1, 0.15) is 0 Å². The summed E-state index contributed by atoms with van der Waals surface area (Å²) in [7, 11) is 0. The Bertz CT molecular complexity index is 698.